The molecule has 2 aromatic rings. The zero-order valence-corrected chi connectivity index (χ0v) is 11.5. The van der Waals surface area contributed by atoms with Gasteiger partial charge in [-0.25, -0.2) is 0 Å². The lowest BCUT2D eigenvalue weighted by Gasteiger charge is -2.11. The molecule has 0 saturated carbocycles. The molecule has 1 atom stereocenters. The first-order chi connectivity index (χ1) is 8.97. The van der Waals surface area contributed by atoms with Crippen LogP contribution in [0.15, 0.2) is 22.7 Å². The molecule has 0 aliphatic rings. The van der Waals surface area contributed by atoms with E-state index in [1.807, 2.05) is 39.0 Å². The summed E-state index contributed by atoms with van der Waals surface area (Å²) in [5.74, 6) is 0.832. The minimum absolute atomic E-state index is 0.138. The maximum atomic E-state index is 12.2. The third-order valence-corrected chi connectivity index (χ3v) is 2.89. The van der Waals surface area contributed by atoms with E-state index < -0.39 is 0 Å². The maximum Gasteiger partial charge on any atom is 0.252 e. The molecule has 0 aliphatic carbocycles. The summed E-state index contributed by atoms with van der Waals surface area (Å²) in [5.41, 5.74) is 2.75. The molecule has 1 amide bonds. The monoisotopic (exact) mass is 259 g/mol. The van der Waals surface area contributed by atoms with Gasteiger partial charge < -0.3 is 9.84 Å². The Labute approximate surface area is 112 Å². The van der Waals surface area contributed by atoms with Crippen molar-refractivity contribution in [3.05, 3.63) is 46.6 Å². The summed E-state index contributed by atoms with van der Waals surface area (Å²) in [7, 11) is 0. The average molecular weight is 259 g/mol. The summed E-state index contributed by atoms with van der Waals surface area (Å²) in [6.07, 6.45) is 0. The minimum Gasteiger partial charge on any atom is -0.341 e. The van der Waals surface area contributed by atoms with Crippen LogP contribution < -0.4 is 5.32 Å². The fourth-order valence-corrected chi connectivity index (χ4v) is 1.89. The van der Waals surface area contributed by atoms with Crippen LogP contribution in [0.4, 0.5) is 0 Å². The first-order valence-electron chi connectivity index (χ1n) is 6.15. The molecule has 19 heavy (non-hydrogen) atoms. The quantitative estimate of drug-likeness (QED) is 0.919. The summed E-state index contributed by atoms with van der Waals surface area (Å²) >= 11 is 0. The second-order valence-electron chi connectivity index (χ2n) is 4.69. The Kier molecular flexibility index (Phi) is 3.64. The van der Waals surface area contributed by atoms with Crippen molar-refractivity contribution in [2.75, 3.05) is 0 Å². The van der Waals surface area contributed by atoms with Crippen LogP contribution in [-0.2, 0) is 0 Å². The third-order valence-electron chi connectivity index (χ3n) is 2.89. The van der Waals surface area contributed by atoms with Crippen LogP contribution in [-0.4, -0.2) is 16.0 Å². The van der Waals surface area contributed by atoms with Gasteiger partial charge in [0, 0.05) is 5.56 Å². The standard InChI is InChI=1S/C14H17N3O2/c1-8-5-6-12(9(2)7-8)13(18)15-10(3)14-16-11(4)17-19-14/h5-7,10H,1-4H3,(H,15,18). The van der Waals surface area contributed by atoms with Crippen LogP contribution in [0, 0.1) is 20.8 Å². The van der Waals surface area contributed by atoms with Crippen LogP contribution in [0.3, 0.4) is 0 Å². The van der Waals surface area contributed by atoms with Crippen LogP contribution in [0.5, 0.6) is 0 Å². The van der Waals surface area contributed by atoms with Gasteiger partial charge in [0.2, 0.25) is 5.89 Å². The molecule has 0 bridgehead atoms. The molecule has 1 aromatic carbocycles. The van der Waals surface area contributed by atoms with E-state index in [0.717, 1.165) is 11.1 Å². The van der Waals surface area contributed by atoms with Gasteiger partial charge in [0.15, 0.2) is 5.82 Å². The highest BCUT2D eigenvalue weighted by Crippen LogP contribution is 2.14. The fourth-order valence-electron chi connectivity index (χ4n) is 1.89. The number of aromatic nitrogens is 2. The van der Waals surface area contributed by atoms with Crippen molar-refractivity contribution >= 4 is 5.91 Å². The molecule has 1 heterocycles. The summed E-state index contributed by atoms with van der Waals surface area (Å²) in [5, 5.41) is 6.56. The van der Waals surface area contributed by atoms with Crippen molar-refractivity contribution in [3.8, 4) is 0 Å². The van der Waals surface area contributed by atoms with E-state index in [0.29, 0.717) is 17.3 Å². The van der Waals surface area contributed by atoms with Gasteiger partial charge in [0.1, 0.15) is 6.04 Å². The molecule has 0 saturated heterocycles. The van der Waals surface area contributed by atoms with Gasteiger partial charge >= 0.3 is 0 Å². The third kappa shape index (κ3) is 2.99. The second kappa shape index (κ2) is 5.22. The number of hydrogen-bond donors (Lipinski definition) is 1. The normalized spacial score (nSPS) is 12.2. The lowest BCUT2D eigenvalue weighted by molar-refractivity contribution is 0.0932. The number of nitrogens with zero attached hydrogens (tertiary/aromatic N) is 2. The summed E-state index contributed by atoms with van der Waals surface area (Å²) in [6, 6.07) is 5.42. The number of carbonyl (C=O) groups excluding carboxylic acids is 1. The number of aryl methyl sites for hydroxylation is 3. The van der Waals surface area contributed by atoms with E-state index in [2.05, 4.69) is 15.5 Å². The lowest BCUT2D eigenvalue weighted by Crippen LogP contribution is -2.27. The van der Waals surface area contributed by atoms with Gasteiger partial charge in [-0.2, -0.15) is 4.98 Å². The Morgan fingerprint density at radius 3 is 2.63 bits per heavy atom. The van der Waals surface area contributed by atoms with E-state index in [1.165, 1.54) is 0 Å². The molecule has 1 unspecified atom stereocenters. The van der Waals surface area contributed by atoms with Crippen LogP contribution in [0.1, 0.15) is 46.2 Å². The molecule has 0 spiro atoms. The molecule has 5 nitrogen and oxygen atoms in total. The summed E-state index contributed by atoms with van der Waals surface area (Å²) in [4.78, 5) is 16.3. The summed E-state index contributed by atoms with van der Waals surface area (Å²) < 4.78 is 5.04. The smallest absolute Gasteiger partial charge is 0.252 e. The largest absolute Gasteiger partial charge is 0.341 e. The van der Waals surface area contributed by atoms with Gasteiger partial charge in [-0.3, -0.25) is 4.79 Å². The molecule has 0 fully saturated rings. The Morgan fingerprint density at radius 2 is 2.05 bits per heavy atom. The van der Waals surface area contributed by atoms with Gasteiger partial charge in [-0.05, 0) is 39.3 Å². The Balaban J connectivity index is 2.12. The summed E-state index contributed by atoms with van der Waals surface area (Å²) in [6.45, 7) is 7.47. The van der Waals surface area contributed by atoms with Crippen molar-refractivity contribution in [1.29, 1.82) is 0 Å². The van der Waals surface area contributed by atoms with Gasteiger partial charge in [-0.15, -0.1) is 0 Å². The SMILES string of the molecule is Cc1ccc(C(=O)NC(C)c2nc(C)no2)c(C)c1. The molecular formula is C14H17N3O2. The molecule has 100 valence electrons. The van der Waals surface area contributed by atoms with Crippen molar-refractivity contribution in [1.82, 2.24) is 15.5 Å². The first kappa shape index (κ1) is 13.3. The molecule has 0 aliphatic heterocycles. The van der Waals surface area contributed by atoms with Gasteiger partial charge in [0.05, 0.1) is 0 Å². The zero-order chi connectivity index (χ0) is 14.0. The number of benzene rings is 1. The Hall–Kier alpha value is -2.17. The number of nitrogens with one attached hydrogen (secondary N) is 1. The predicted octanol–water partition coefficient (Wildman–Crippen LogP) is 2.49. The molecule has 1 aromatic heterocycles. The zero-order valence-electron chi connectivity index (χ0n) is 11.5. The average Bonchev–Trinajstić information content (AvgIpc) is 2.75. The van der Waals surface area contributed by atoms with Crippen LogP contribution in [0.2, 0.25) is 0 Å². The lowest BCUT2D eigenvalue weighted by atomic mass is 10.0. The first-order valence-corrected chi connectivity index (χ1v) is 6.15. The van der Waals surface area contributed by atoms with E-state index >= 15 is 0 Å². The number of rotatable bonds is 3. The van der Waals surface area contributed by atoms with E-state index in [1.54, 1.807) is 6.92 Å². The predicted molar refractivity (Wildman–Crippen MR) is 70.8 cm³/mol. The molecule has 0 radical (unpaired) electrons. The topological polar surface area (TPSA) is 68.0 Å². The fraction of sp³-hybridized carbons (Fsp3) is 0.357. The minimum atomic E-state index is -0.311. The highest BCUT2D eigenvalue weighted by atomic mass is 16.5. The number of amides is 1. The van der Waals surface area contributed by atoms with Crippen molar-refractivity contribution in [2.24, 2.45) is 0 Å². The van der Waals surface area contributed by atoms with E-state index in [9.17, 15) is 4.79 Å². The van der Waals surface area contributed by atoms with Crippen molar-refractivity contribution < 1.29 is 9.32 Å². The van der Waals surface area contributed by atoms with Crippen LogP contribution in [0.25, 0.3) is 0 Å². The highest BCUT2D eigenvalue weighted by Gasteiger charge is 2.17. The van der Waals surface area contributed by atoms with Gasteiger partial charge in [0.25, 0.3) is 5.91 Å². The van der Waals surface area contributed by atoms with Gasteiger partial charge in [-0.1, -0.05) is 22.9 Å². The van der Waals surface area contributed by atoms with Crippen molar-refractivity contribution in [3.63, 3.8) is 0 Å². The second-order valence-corrected chi connectivity index (χ2v) is 4.69. The van der Waals surface area contributed by atoms with E-state index in [4.69, 9.17) is 4.52 Å². The number of carbonyl (C=O) groups is 1. The highest BCUT2D eigenvalue weighted by molar-refractivity contribution is 5.95. The Bertz CT molecular complexity index is 604. The Morgan fingerprint density at radius 1 is 1.32 bits per heavy atom. The molecule has 1 N–H and O–H groups in total. The van der Waals surface area contributed by atoms with Crippen molar-refractivity contribution in [2.45, 2.75) is 33.7 Å². The number of hydrogen-bond acceptors (Lipinski definition) is 4. The molecular weight excluding hydrogens is 242 g/mol. The molecule has 2 rings (SSSR count). The maximum absolute atomic E-state index is 12.2. The van der Waals surface area contributed by atoms with Crippen LogP contribution >= 0.6 is 0 Å². The van der Waals surface area contributed by atoms with E-state index in [-0.39, 0.29) is 11.9 Å². The molecule has 5 heteroatoms.